The summed E-state index contributed by atoms with van der Waals surface area (Å²) >= 11 is 0. The SMILES string of the molecule is COC1(CC(=O)N2CCC(=NO)CC2)CCC1. The molecule has 1 saturated carbocycles. The third-order valence-electron chi connectivity index (χ3n) is 4.01. The summed E-state index contributed by atoms with van der Waals surface area (Å²) in [5, 5.41) is 11.9. The fraction of sp³-hybridized carbons (Fsp3) is 0.833. The van der Waals surface area contributed by atoms with Gasteiger partial charge in [0.05, 0.1) is 17.7 Å². The Bertz CT molecular complexity index is 308. The molecule has 2 aliphatic rings. The molecular formula is C12H20N2O3. The predicted octanol–water partition coefficient (Wildman–Crippen LogP) is 1.40. The molecule has 0 aromatic carbocycles. The van der Waals surface area contributed by atoms with Gasteiger partial charge in [-0.25, -0.2) is 0 Å². The lowest BCUT2D eigenvalue weighted by Gasteiger charge is -2.41. The van der Waals surface area contributed by atoms with Gasteiger partial charge in [0.2, 0.25) is 5.91 Å². The van der Waals surface area contributed by atoms with Crippen molar-refractivity contribution in [1.29, 1.82) is 0 Å². The van der Waals surface area contributed by atoms with Gasteiger partial charge in [0.15, 0.2) is 0 Å². The zero-order valence-electron chi connectivity index (χ0n) is 10.3. The van der Waals surface area contributed by atoms with Gasteiger partial charge in [-0.2, -0.15) is 0 Å². The second-order valence-electron chi connectivity index (χ2n) is 4.96. The maximum Gasteiger partial charge on any atom is 0.225 e. The van der Waals surface area contributed by atoms with Gasteiger partial charge in [0.1, 0.15) is 0 Å². The number of carbonyl (C=O) groups excluding carboxylic acids is 1. The van der Waals surface area contributed by atoms with Gasteiger partial charge in [0.25, 0.3) is 0 Å². The summed E-state index contributed by atoms with van der Waals surface area (Å²) in [6.45, 7) is 1.33. The van der Waals surface area contributed by atoms with Crippen LogP contribution in [0.4, 0.5) is 0 Å². The Morgan fingerprint density at radius 3 is 2.53 bits per heavy atom. The molecule has 1 amide bonds. The topological polar surface area (TPSA) is 62.1 Å². The normalized spacial score (nSPS) is 23.1. The van der Waals surface area contributed by atoms with E-state index >= 15 is 0 Å². The number of nitrogens with zero attached hydrogens (tertiary/aromatic N) is 2. The van der Waals surface area contributed by atoms with E-state index in [4.69, 9.17) is 9.94 Å². The van der Waals surface area contributed by atoms with Gasteiger partial charge < -0.3 is 14.8 Å². The molecule has 1 N–H and O–H groups in total. The average molecular weight is 240 g/mol. The number of ether oxygens (including phenoxy) is 1. The number of rotatable bonds is 3. The van der Waals surface area contributed by atoms with Gasteiger partial charge in [-0.05, 0) is 19.3 Å². The lowest BCUT2D eigenvalue weighted by molar-refractivity contribution is -0.144. The van der Waals surface area contributed by atoms with Crippen molar-refractivity contribution in [2.75, 3.05) is 20.2 Å². The summed E-state index contributed by atoms with van der Waals surface area (Å²) in [7, 11) is 1.69. The molecule has 96 valence electrons. The van der Waals surface area contributed by atoms with Crippen LogP contribution in [-0.4, -0.2) is 47.5 Å². The van der Waals surface area contributed by atoms with E-state index in [-0.39, 0.29) is 11.5 Å². The fourth-order valence-electron chi connectivity index (χ4n) is 2.53. The van der Waals surface area contributed by atoms with Crippen LogP contribution in [-0.2, 0) is 9.53 Å². The molecule has 2 fully saturated rings. The molecule has 0 aromatic rings. The predicted molar refractivity (Wildman–Crippen MR) is 63.2 cm³/mol. The van der Waals surface area contributed by atoms with E-state index in [0.29, 0.717) is 32.4 Å². The highest BCUT2D eigenvalue weighted by molar-refractivity contribution is 5.87. The molecule has 1 saturated heterocycles. The van der Waals surface area contributed by atoms with Crippen molar-refractivity contribution < 1.29 is 14.7 Å². The lowest BCUT2D eigenvalue weighted by Crippen LogP contribution is -2.47. The van der Waals surface area contributed by atoms with Crippen molar-refractivity contribution in [2.45, 2.75) is 44.1 Å². The van der Waals surface area contributed by atoms with Gasteiger partial charge in [0, 0.05) is 33.0 Å². The van der Waals surface area contributed by atoms with E-state index in [9.17, 15) is 4.79 Å². The third-order valence-corrected chi connectivity index (χ3v) is 4.01. The van der Waals surface area contributed by atoms with Crippen LogP contribution in [0.25, 0.3) is 0 Å². The number of hydrogen-bond donors (Lipinski definition) is 1. The van der Waals surface area contributed by atoms with Crippen molar-refractivity contribution in [3.8, 4) is 0 Å². The van der Waals surface area contributed by atoms with Crippen LogP contribution in [0.15, 0.2) is 5.16 Å². The first kappa shape index (κ1) is 12.4. The minimum atomic E-state index is -0.192. The van der Waals surface area contributed by atoms with Crippen LogP contribution in [0.2, 0.25) is 0 Å². The molecular weight excluding hydrogens is 220 g/mol. The first-order chi connectivity index (χ1) is 8.19. The molecule has 17 heavy (non-hydrogen) atoms. The van der Waals surface area contributed by atoms with Gasteiger partial charge in [-0.3, -0.25) is 4.79 Å². The second-order valence-corrected chi connectivity index (χ2v) is 4.96. The molecule has 0 unspecified atom stereocenters. The molecule has 1 aliphatic heterocycles. The Kier molecular flexibility index (Phi) is 3.66. The highest BCUT2D eigenvalue weighted by atomic mass is 16.5. The Balaban J connectivity index is 1.84. The largest absolute Gasteiger partial charge is 0.411 e. The highest BCUT2D eigenvalue weighted by Gasteiger charge is 2.40. The van der Waals surface area contributed by atoms with Gasteiger partial charge in [-0.1, -0.05) is 5.16 Å². The van der Waals surface area contributed by atoms with E-state index in [1.54, 1.807) is 7.11 Å². The monoisotopic (exact) mass is 240 g/mol. The van der Waals surface area contributed by atoms with Crippen LogP contribution < -0.4 is 0 Å². The van der Waals surface area contributed by atoms with E-state index in [1.807, 2.05) is 4.90 Å². The van der Waals surface area contributed by atoms with Crippen LogP contribution in [0.1, 0.15) is 38.5 Å². The first-order valence-electron chi connectivity index (χ1n) is 6.22. The van der Waals surface area contributed by atoms with Crippen LogP contribution in [0.3, 0.4) is 0 Å². The molecule has 1 aliphatic carbocycles. The lowest BCUT2D eigenvalue weighted by atomic mass is 9.77. The van der Waals surface area contributed by atoms with Gasteiger partial charge in [-0.15, -0.1) is 0 Å². The van der Waals surface area contributed by atoms with E-state index in [2.05, 4.69) is 5.16 Å². The van der Waals surface area contributed by atoms with Crippen LogP contribution in [0.5, 0.6) is 0 Å². The standard InChI is InChI=1S/C12H20N2O3/c1-17-12(5-2-6-12)9-11(15)14-7-3-10(13-16)4-8-14/h16H,2-9H2,1H3. The van der Waals surface area contributed by atoms with Crippen molar-refractivity contribution in [2.24, 2.45) is 5.16 Å². The van der Waals surface area contributed by atoms with Crippen molar-refractivity contribution in [1.82, 2.24) is 4.90 Å². The Morgan fingerprint density at radius 1 is 1.47 bits per heavy atom. The molecule has 5 nitrogen and oxygen atoms in total. The van der Waals surface area contributed by atoms with E-state index in [0.717, 1.165) is 25.0 Å². The van der Waals surface area contributed by atoms with Gasteiger partial charge >= 0.3 is 0 Å². The molecule has 0 radical (unpaired) electrons. The van der Waals surface area contributed by atoms with E-state index < -0.39 is 0 Å². The first-order valence-corrected chi connectivity index (χ1v) is 6.22. The number of hydrogen-bond acceptors (Lipinski definition) is 4. The smallest absolute Gasteiger partial charge is 0.225 e. The number of piperidine rings is 1. The van der Waals surface area contributed by atoms with Crippen molar-refractivity contribution in [3.05, 3.63) is 0 Å². The van der Waals surface area contributed by atoms with Crippen LogP contribution >= 0.6 is 0 Å². The summed E-state index contributed by atoms with van der Waals surface area (Å²) in [6, 6.07) is 0. The maximum atomic E-state index is 12.1. The molecule has 5 heteroatoms. The summed E-state index contributed by atoms with van der Waals surface area (Å²) in [5.41, 5.74) is 0.599. The van der Waals surface area contributed by atoms with Crippen LogP contribution in [0, 0.1) is 0 Å². The maximum absolute atomic E-state index is 12.1. The minimum Gasteiger partial charge on any atom is -0.411 e. The quantitative estimate of drug-likeness (QED) is 0.599. The Morgan fingerprint density at radius 2 is 2.12 bits per heavy atom. The number of methoxy groups -OCH3 is 1. The summed E-state index contributed by atoms with van der Waals surface area (Å²) < 4.78 is 5.47. The van der Waals surface area contributed by atoms with Crippen molar-refractivity contribution in [3.63, 3.8) is 0 Å². The van der Waals surface area contributed by atoms with E-state index in [1.165, 1.54) is 0 Å². The third kappa shape index (κ3) is 2.60. The Labute approximate surface area is 101 Å². The van der Waals surface area contributed by atoms with Crippen molar-refractivity contribution >= 4 is 11.6 Å². The zero-order chi connectivity index (χ0) is 12.3. The fourth-order valence-corrected chi connectivity index (χ4v) is 2.53. The summed E-state index contributed by atoms with van der Waals surface area (Å²) in [6.07, 6.45) is 5.00. The number of oxime groups is 1. The average Bonchev–Trinajstić information content (AvgIpc) is 2.33. The number of likely N-dealkylation sites (tertiary alicyclic amines) is 1. The molecule has 0 atom stereocenters. The summed E-state index contributed by atoms with van der Waals surface area (Å²) in [5.74, 6) is 0.170. The molecule has 0 aromatic heterocycles. The zero-order valence-corrected chi connectivity index (χ0v) is 10.3. The second kappa shape index (κ2) is 5.04. The number of carbonyl (C=O) groups is 1. The molecule has 0 spiro atoms. The number of amides is 1. The minimum absolute atomic E-state index is 0.170. The molecule has 0 bridgehead atoms. The highest BCUT2D eigenvalue weighted by Crippen LogP contribution is 2.38. The molecule has 1 heterocycles. The Hall–Kier alpha value is -1.10. The molecule has 2 rings (SSSR count). The summed E-state index contributed by atoms with van der Waals surface area (Å²) in [4.78, 5) is 14.0.